The summed E-state index contributed by atoms with van der Waals surface area (Å²) in [5.74, 6) is -3.04. The molecule has 2 nitrogen and oxygen atoms in total. The summed E-state index contributed by atoms with van der Waals surface area (Å²) in [6.45, 7) is -0.0377. The highest BCUT2D eigenvalue weighted by molar-refractivity contribution is 5.94. The van der Waals surface area contributed by atoms with Crippen molar-refractivity contribution in [3.05, 3.63) is 35.9 Å². The number of nitrogens with zero attached hydrogens (tertiary/aromatic N) is 1. The maximum Gasteiger partial charge on any atom is 0.265 e. The second kappa shape index (κ2) is 4.20. The van der Waals surface area contributed by atoms with Crippen LogP contribution in [-0.4, -0.2) is 29.8 Å². The van der Waals surface area contributed by atoms with Crippen LogP contribution >= 0.6 is 0 Å². The van der Waals surface area contributed by atoms with Gasteiger partial charge in [0.05, 0.1) is 6.54 Å². The summed E-state index contributed by atoms with van der Waals surface area (Å²) in [4.78, 5) is 13.1. The Labute approximate surface area is 92.9 Å². The average molecular weight is 225 g/mol. The molecule has 0 radical (unpaired) electrons. The van der Waals surface area contributed by atoms with E-state index in [2.05, 4.69) is 0 Å². The van der Waals surface area contributed by atoms with E-state index in [9.17, 15) is 13.6 Å². The van der Waals surface area contributed by atoms with E-state index in [4.69, 9.17) is 0 Å². The van der Waals surface area contributed by atoms with Crippen molar-refractivity contribution in [1.29, 1.82) is 0 Å². The second-order valence-electron chi connectivity index (χ2n) is 4.05. The third kappa shape index (κ3) is 2.38. The Hall–Kier alpha value is -1.45. The molecule has 0 spiro atoms. The second-order valence-corrected chi connectivity index (χ2v) is 4.05. The Morgan fingerprint density at radius 2 is 1.94 bits per heavy atom. The summed E-state index contributed by atoms with van der Waals surface area (Å²) < 4.78 is 26.3. The van der Waals surface area contributed by atoms with Crippen molar-refractivity contribution in [2.45, 2.75) is 18.8 Å². The summed E-state index contributed by atoms with van der Waals surface area (Å²) in [7, 11) is 0. The molecule has 1 amide bonds. The number of rotatable bonds is 1. The van der Waals surface area contributed by atoms with Crippen molar-refractivity contribution in [3.63, 3.8) is 0 Å². The largest absolute Gasteiger partial charge is 0.333 e. The predicted octanol–water partition coefficient (Wildman–Crippen LogP) is 2.56. The van der Waals surface area contributed by atoms with E-state index in [1.165, 1.54) is 4.90 Å². The molecule has 0 atom stereocenters. The zero-order valence-corrected chi connectivity index (χ0v) is 8.83. The van der Waals surface area contributed by atoms with Gasteiger partial charge >= 0.3 is 0 Å². The maximum absolute atomic E-state index is 13.1. The summed E-state index contributed by atoms with van der Waals surface area (Å²) in [6, 6.07) is 8.55. The average Bonchev–Trinajstić information content (AvgIpc) is 2.28. The first-order valence-corrected chi connectivity index (χ1v) is 5.31. The SMILES string of the molecule is O=C(c1ccccc1)N1CCCC(F)(F)C1. The first kappa shape index (κ1) is 11.0. The summed E-state index contributed by atoms with van der Waals surface area (Å²) in [5, 5.41) is 0. The molecule has 1 saturated heterocycles. The molecule has 0 bridgehead atoms. The number of piperidine rings is 1. The monoisotopic (exact) mass is 225 g/mol. The lowest BCUT2D eigenvalue weighted by molar-refractivity contribution is -0.0560. The molecule has 86 valence electrons. The lowest BCUT2D eigenvalue weighted by Gasteiger charge is -2.32. The molecule has 0 aliphatic carbocycles. The van der Waals surface area contributed by atoms with Crippen LogP contribution in [0.15, 0.2) is 30.3 Å². The standard InChI is InChI=1S/C12H13F2NO/c13-12(14)7-4-8-15(9-12)11(16)10-5-2-1-3-6-10/h1-3,5-6H,4,7-9H2. The molecule has 1 heterocycles. The highest BCUT2D eigenvalue weighted by Crippen LogP contribution is 2.27. The predicted molar refractivity (Wildman–Crippen MR) is 56.5 cm³/mol. The van der Waals surface area contributed by atoms with Crippen LogP contribution in [0.1, 0.15) is 23.2 Å². The van der Waals surface area contributed by atoms with E-state index in [0.717, 1.165) is 0 Å². The smallest absolute Gasteiger partial charge is 0.265 e. The van der Waals surface area contributed by atoms with Crippen molar-refractivity contribution < 1.29 is 13.6 Å². The number of hydrogen-bond donors (Lipinski definition) is 0. The van der Waals surface area contributed by atoms with Crippen LogP contribution in [-0.2, 0) is 0 Å². The van der Waals surface area contributed by atoms with Gasteiger partial charge in [0.1, 0.15) is 0 Å². The molecule has 1 aliphatic heterocycles. The van der Waals surface area contributed by atoms with Gasteiger partial charge in [0.25, 0.3) is 11.8 Å². The van der Waals surface area contributed by atoms with E-state index in [0.29, 0.717) is 18.5 Å². The van der Waals surface area contributed by atoms with Crippen LogP contribution in [0.25, 0.3) is 0 Å². The van der Waals surface area contributed by atoms with Crippen LogP contribution in [0.4, 0.5) is 8.78 Å². The lowest BCUT2D eigenvalue weighted by Crippen LogP contribution is -2.45. The Bertz CT molecular complexity index is 378. The van der Waals surface area contributed by atoms with Crippen molar-refractivity contribution in [3.8, 4) is 0 Å². The van der Waals surface area contributed by atoms with Gasteiger partial charge in [-0.2, -0.15) is 0 Å². The van der Waals surface area contributed by atoms with Gasteiger partial charge in [-0.3, -0.25) is 4.79 Å². The summed E-state index contributed by atoms with van der Waals surface area (Å²) in [5.41, 5.74) is 0.472. The zero-order valence-electron chi connectivity index (χ0n) is 8.83. The van der Waals surface area contributed by atoms with Crippen LogP contribution < -0.4 is 0 Å². The van der Waals surface area contributed by atoms with E-state index in [1.54, 1.807) is 30.3 Å². The normalized spacial score (nSPS) is 19.5. The number of hydrogen-bond acceptors (Lipinski definition) is 1. The quantitative estimate of drug-likeness (QED) is 0.719. The number of carbonyl (C=O) groups is 1. The molecule has 0 aromatic heterocycles. The lowest BCUT2D eigenvalue weighted by atomic mass is 10.1. The molecule has 1 fully saturated rings. The highest BCUT2D eigenvalue weighted by atomic mass is 19.3. The van der Waals surface area contributed by atoms with Crippen LogP contribution in [0.3, 0.4) is 0 Å². The minimum Gasteiger partial charge on any atom is -0.333 e. The number of carbonyl (C=O) groups excluding carboxylic acids is 1. The third-order valence-corrected chi connectivity index (χ3v) is 2.70. The van der Waals surface area contributed by atoms with Crippen molar-refractivity contribution in [1.82, 2.24) is 4.90 Å². The summed E-state index contributed by atoms with van der Waals surface area (Å²) in [6.07, 6.45) is 0.247. The minimum absolute atomic E-state index is 0.119. The fourth-order valence-electron chi connectivity index (χ4n) is 1.90. The fraction of sp³-hybridized carbons (Fsp3) is 0.417. The molecular formula is C12H13F2NO. The Balaban J connectivity index is 2.11. The summed E-state index contributed by atoms with van der Waals surface area (Å²) >= 11 is 0. The third-order valence-electron chi connectivity index (χ3n) is 2.70. The number of benzene rings is 1. The highest BCUT2D eigenvalue weighted by Gasteiger charge is 2.37. The maximum atomic E-state index is 13.1. The van der Waals surface area contributed by atoms with Gasteiger partial charge in [-0.25, -0.2) is 8.78 Å². The molecule has 1 aliphatic rings. The van der Waals surface area contributed by atoms with E-state index in [1.807, 2.05) is 0 Å². The van der Waals surface area contributed by atoms with Crippen molar-refractivity contribution >= 4 is 5.91 Å². The zero-order chi connectivity index (χ0) is 11.6. The Morgan fingerprint density at radius 3 is 2.56 bits per heavy atom. The number of likely N-dealkylation sites (tertiary alicyclic amines) is 1. The number of amides is 1. The molecule has 2 rings (SSSR count). The molecule has 4 heteroatoms. The molecule has 0 saturated carbocycles. The first-order valence-electron chi connectivity index (χ1n) is 5.31. The van der Waals surface area contributed by atoms with Gasteiger partial charge in [-0.05, 0) is 18.6 Å². The Kier molecular flexibility index (Phi) is 2.90. The van der Waals surface area contributed by atoms with Gasteiger partial charge in [0, 0.05) is 18.5 Å². The van der Waals surface area contributed by atoms with E-state index < -0.39 is 12.5 Å². The van der Waals surface area contributed by atoms with Gasteiger partial charge < -0.3 is 4.90 Å². The van der Waals surface area contributed by atoms with Gasteiger partial charge in [-0.1, -0.05) is 18.2 Å². The van der Waals surface area contributed by atoms with E-state index >= 15 is 0 Å². The fourth-order valence-corrected chi connectivity index (χ4v) is 1.90. The minimum atomic E-state index is -2.73. The molecule has 0 unspecified atom stereocenters. The molecule has 1 aromatic carbocycles. The van der Waals surface area contributed by atoms with Crippen LogP contribution in [0, 0.1) is 0 Å². The topological polar surface area (TPSA) is 20.3 Å². The van der Waals surface area contributed by atoms with Crippen LogP contribution in [0.5, 0.6) is 0 Å². The molecule has 16 heavy (non-hydrogen) atoms. The molecular weight excluding hydrogens is 212 g/mol. The van der Waals surface area contributed by atoms with Crippen molar-refractivity contribution in [2.24, 2.45) is 0 Å². The van der Waals surface area contributed by atoms with E-state index in [-0.39, 0.29) is 12.3 Å². The van der Waals surface area contributed by atoms with Gasteiger partial charge in [0.15, 0.2) is 0 Å². The molecule has 1 aromatic rings. The first-order chi connectivity index (χ1) is 7.58. The van der Waals surface area contributed by atoms with Gasteiger partial charge in [-0.15, -0.1) is 0 Å². The molecule has 0 N–H and O–H groups in total. The Morgan fingerprint density at radius 1 is 1.25 bits per heavy atom. The van der Waals surface area contributed by atoms with Crippen molar-refractivity contribution in [2.75, 3.05) is 13.1 Å². The van der Waals surface area contributed by atoms with Gasteiger partial charge in [0.2, 0.25) is 0 Å². The number of alkyl halides is 2. The van der Waals surface area contributed by atoms with Crippen LogP contribution in [0.2, 0.25) is 0 Å². The number of halogens is 2.